The average molecular weight is 473 g/mol. The summed E-state index contributed by atoms with van der Waals surface area (Å²) in [6.45, 7) is 8.37. The zero-order valence-corrected chi connectivity index (χ0v) is 18.0. The molecule has 0 amide bonds. The number of guanidine groups is 1. The summed E-state index contributed by atoms with van der Waals surface area (Å²) >= 11 is 0. The SMILES string of the molecule is C=CCNC(=NCC1(c2ccccc2)CCOCC1)NCCCOC.I. The lowest BCUT2D eigenvalue weighted by Crippen LogP contribution is -2.41. The Labute approximate surface area is 174 Å². The van der Waals surface area contributed by atoms with Crippen molar-refractivity contribution in [1.82, 2.24) is 10.6 Å². The number of hydrogen-bond acceptors (Lipinski definition) is 3. The van der Waals surface area contributed by atoms with Crippen molar-refractivity contribution < 1.29 is 9.47 Å². The molecule has 0 aliphatic carbocycles. The highest BCUT2D eigenvalue weighted by Crippen LogP contribution is 2.35. The molecule has 5 nitrogen and oxygen atoms in total. The fourth-order valence-electron chi connectivity index (χ4n) is 3.09. The first-order chi connectivity index (χ1) is 12.3. The maximum atomic E-state index is 5.60. The van der Waals surface area contributed by atoms with Crippen LogP contribution in [0.3, 0.4) is 0 Å². The van der Waals surface area contributed by atoms with Crippen molar-refractivity contribution in [1.29, 1.82) is 0 Å². The zero-order chi connectivity index (χ0) is 17.8. The molecule has 1 saturated heterocycles. The van der Waals surface area contributed by atoms with Gasteiger partial charge >= 0.3 is 0 Å². The van der Waals surface area contributed by atoms with E-state index in [-0.39, 0.29) is 29.4 Å². The normalized spacial score (nSPS) is 16.4. The standard InChI is InChI=1S/C20H31N3O2.HI/c1-3-12-21-19(22-13-7-14-24-2)23-17-20(10-15-25-16-11-20)18-8-5-4-6-9-18;/h3-6,8-9H,1,7,10-17H2,2H3,(H2,21,22,23);1H. The van der Waals surface area contributed by atoms with Gasteiger partial charge in [-0.05, 0) is 24.8 Å². The second kappa shape index (κ2) is 13.1. The molecule has 1 heterocycles. The number of halogens is 1. The average Bonchev–Trinajstić information content (AvgIpc) is 2.68. The van der Waals surface area contributed by atoms with Crippen molar-refractivity contribution in [3.63, 3.8) is 0 Å². The molecule has 6 heteroatoms. The molecule has 0 saturated carbocycles. The van der Waals surface area contributed by atoms with Crippen LogP contribution >= 0.6 is 24.0 Å². The Bertz CT molecular complexity index is 531. The molecular weight excluding hydrogens is 441 g/mol. The summed E-state index contributed by atoms with van der Waals surface area (Å²) < 4.78 is 10.7. The van der Waals surface area contributed by atoms with E-state index in [0.717, 1.165) is 58.1 Å². The highest BCUT2D eigenvalue weighted by Gasteiger charge is 2.34. The first-order valence-electron chi connectivity index (χ1n) is 9.06. The highest BCUT2D eigenvalue weighted by molar-refractivity contribution is 14.0. The van der Waals surface area contributed by atoms with E-state index >= 15 is 0 Å². The molecule has 1 aliphatic heterocycles. The van der Waals surface area contributed by atoms with Crippen LogP contribution in [0.15, 0.2) is 48.0 Å². The molecular formula is C20H32IN3O2. The molecule has 146 valence electrons. The third-order valence-corrected chi connectivity index (χ3v) is 4.61. The predicted molar refractivity (Wildman–Crippen MR) is 119 cm³/mol. The van der Waals surface area contributed by atoms with E-state index in [9.17, 15) is 0 Å². The van der Waals surface area contributed by atoms with Gasteiger partial charge in [-0.15, -0.1) is 30.6 Å². The summed E-state index contributed by atoms with van der Waals surface area (Å²) in [5.74, 6) is 0.831. The molecule has 2 rings (SSSR count). The fraction of sp³-hybridized carbons (Fsp3) is 0.550. The monoisotopic (exact) mass is 473 g/mol. The van der Waals surface area contributed by atoms with Gasteiger partial charge in [0.2, 0.25) is 0 Å². The maximum absolute atomic E-state index is 5.60. The first-order valence-corrected chi connectivity index (χ1v) is 9.06. The van der Waals surface area contributed by atoms with E-state index in [1.54, 1.807) is 7.11 Å². The molecule has 1 fully saturated rings. The Kier molecular flexibility index (Phi) is 11.6. The third kappa shape index (κ3) is 7.25. The summed E-state index contributed by atoms with van der Waals surface area (Å²) in [7, 11) is 1.72. The van der Waals surface area contributed by atoms with Gasteiger partial charge in [0.05, 0.1) is 6.54 Å². The Morgan fingerprint density at radius 3 is 2.65 bits per heavy atom. The highest BCUT2D eigenvalue weighted by atomic mass is 127. The van der Waals surface area contributed by atoms with Crippen LogP contribution in [0.4, 0.5) is 0 Å². The van der Waals surface area contributed by atoms with E-state index in [1.807, 2.05) is 6.08 Å². The number of aliphatic imine (C=N–C) groups is 1. The fourth-order valence-corrected chi connectivity index (χ4v) is 3.09. The topological polar surface area (TPSA) is 54.9 Å². The van der Waals surface area contributed by atoms with Gasteiger partial charge in [0.1, 0.15) is 0 Å². The predicted octanol–water partition coefficient (Wildman–Crippen LogP) is 3.11. The van der Waals surface area contributed by atoms with Crippen molar-refractivity contribution in [3.8, 4) is 0 Å². The summed E-state index contributed by atoms with van der Waals surface area (Å²) in [6, 6.07) is 10.7. The largest absolute Gasteiger partial charge is 0.385 e. The molecule has 1 aromatic rings. The smallest absolute Gasteiger partial charge is 0.191 e. The first kappa shape index (κ1) is 22.9. The van der Waals surface area contributed by atoms with Crippen molar-refractivity contribution in [2.45, 2.75) is 24.7 Å². The van der Waals surface area contributed by atoms with Gasteiger partial charge in [-0.1, -0.05) is 36.4 Å². The van der Waals surface area contributed by atoms with Crippen molar-refractivity contribution in [2.24, 2.45) is 4.99 Å². The molecule has 0 aromatic heterocycles. The Hall–Kier alpha value is -1.12. The Morgan fingerprint density at radius 1 is 1.27 bits per heavy atom. The molecule has 0 unspecified atom stereocenters. The Morgan fingerprint density at radius 2 is 2.00 bits per heavy atom. The molecule has 1 aromatic carbocycles. The number of hydrogen-bond donors (Lipinski definition) is 2. The molecule has 1 aliphatic rings. The summed E-state index contributed by atoms with van der Waals surface area (Å²) in [5, 5.41) is 6.68. The number of benzene rings is 1. The zero-order valence-electron chi connectivity index (χ0n) is 15.7. The second-order valence-electron chi connectivity index (χ2n) is 6.37. The van der Waals surface area contributed by atoms with Gasteiger partial charge in [0.25, 0.3) is 0 Å². The van der Waals surface area contributed by atoms with E-state index in [1.165, 1.54) is 5.56 Å². The van der Waals surface area contributed by atoms with Gasteiger partial charge in [-0.2, -0.15) is 0 Å². The maximum Gasteiger partial charge on any atom is 0.191 e. The minimum atomic E-state index is 0. The van der Waals surface area contributed by atoms with E-state index < -0.39 is 0 Å². The van der Waals surface area contributed by atoms with Crippen LogP contribution in [0.5, 0.6) is 0 Å². The molecule has 0 bridgehead atoms. The van der Waals surface area contributed by atoms with Crippen molar-refractivity contribution in [2.75, 3.05) is 46.6 Å². The number of nitrogens with zero attached hydrogens (tertiary/aromatic N) is 1. The number of nitrogens with one attached hydrogen (secondary N) is 2. The van der Waals surface area contributed by atoms with Gasteiger partial charge in [0.15, 0.2) is 5.96 Å². The van der Waals surface area contributed by atoms with Crippen LogP contribution < -0.4 is 10.6 Å². The quantitative estimate of drug-likeness (QED) is 0.190. The minimum absolute atomic E-state index is 0. The third-order valence-electron chi connectivity index (χ3n) is 4.61. The lowest BCUT2D eigenvalue weighted by Gasteiger charge is -2.36. The van der Waals surface area contributed by atoms with Gasteiger partial charge in [0, 0.05) is 45.4 Å². The number of rotatable bonds is 9. The van der Waals surface area contributed by atoms with Crippen LogP contribution in [0, 0.1) is 0 Å². The summed E-state index contributed by atoms with van der Waals surface area (Å²) in [6.07, 6.45) is 4.79. The molecule has 2 N–H and O–H groups in total. The molecule has 26 heavy (non-hydrogen) atoms. The number of ether oxygens (including phenoxy) is 2. The molecule has 0 spiro atoms. The van der Waals surface area contributed by atoms with Gasteiger partial charge < -0.3 is 20.1 Å². The van der Waals surface area contributed by atoms with E-state index in [0.29, 0.717) is 6.54 Å². The summed E-state index contributed by atoms with van der Waals surface area (Å²) in [4.78, 5) is 4.88. The van der Waals surface area contributed by atoms with Crippen LogP contribution in [-0.2, 0) is 14.9 Å². The number of methoxy groups -OCH3 is 1. The van der Waals surface area contributed by atoms with Crippen LogP contribution in [-0.4, -0.2) is 52.5 Å². The lowest BCUT2D eigenvalue weighted by molar-refractivity contribution is 0.0531. The minimum Gasteiger partial charge on any atom is -0.385 e. The van der Waals surface area contributed by atoms with Crippen LogP contribution in [0.2, 0.25) is 0 Å². The van der Waals surface area contributed by atoms with Crippen LogP contribution in [0.1, 0.15) is 24.8 Å². The van der Waals surface area contributed by atoms with Gasteiger partial charge in [-0.3, -0.25) is 4.99 Å². The van der Waals surface area contributed by atoms with E-state index in [2.05, 4.69) is 47.5 Å². The molecule has 0 atom stereocenters. The lowest BCUT2D eigenvalue weighted by atomic mass is 9.74. The second-order valence-corrected chi connectivity index (χ2v) is 6.37. The van der Waals surface area contributed by atoms with Crippen molar-refractivity contribution >= 4 is 29.9 Å². The Balaban J connectivity index is 0.00000338. The van der Waals surface area contributed by atoms with Crippen LogP contribution in [0.25, 0.3) is 0 Å². The molecule has 0 radical (unpaired) electrons. The van der Waals surface area contributed by atoms with E-state index in [4.69, 9.17) is 14.5 Å². The van der Waals surface area contributed by atoms with Crippen molar-refractivity contribution in [3.05, 3.63) is 48.6 Å². The summed E-state index contributed by atoms with van der Waals surface area (Å²) in [5.41, 5.74) is 1.40. The van der Waals surface area contributed by atoms with Gasteiger partial charge in [-0.25, -0.2) is 0 Å².